The molecule has 1 aliphatic rings. The number of imidazole rings is 1. The van der Waals surface area contributed by atoms with Crippen LogP contribution in [-0.4, -0.2) is 34.4 Å². The van der Waals surface area contributed by atoms with Crippen molar-refractivity contribution in [3.63, 3.8) is 0 Å². The number of hydrogen-bond donors (Lipinski definition) is 3. The second kappa shape index (κ2) is 6.80. The van der Waals surface area contributed by atoms with Crippen LogP contribution in [0.1, 0.15) is 30.0 Å². The topological polar surface area (TPSA) is 81.0 Å². The molecule has 0 spiro atoms. The van der Waals surface area contributed by atoms with E-state index in [0.29, 0.717) is 17.7 Å². The molecular formula is C20H22N4O2. The molecular weight excluding hydrogens is 328 g/mol. The Morgan fingerprint density at radius 3 is 2.88 bits per heavy atom. The molecule has 1 aliphatic carbocycles. The number of rotatable bonds is 4. The van der Waals surface area contributed by atoms with E-state index in [2.05, 4.69) is 44.5 Å². The van der Waals surface area contributed by atoms with Crippen molar-refractivity contribution >= 4 is 22.6 Å². The molecule has 1 heterocycles. The third kappa shape index (κ3) is 3.28. The summed E-state index contributed by atoms with van der Waals surface area (Å²) in [5.41, 5.74) is 4.55. The summed E-state index contributed by atoms with van der Waals surface area (Å²) in [4.78, 5) is 31.3. The number of likely N-dealkylation sites (N-methyl/N-ethyl adjacent to an activating group) is 1. The summed E-state index contributed by atoms with van der Waals surface area (Å²) in [5, 5.41) is 2.92. The number of carbonyl (C=O) groups excluding carboxylic acids is 1. The fourth-order valence-electron chi connectivity index (χ4n) is 3.83. The number of aromatic nitrogens is 2. The first-order valence-corrected chi connectivity index (χ1v) is 8.90. The molecule has 2 aromatic carbocycles. The van der Waals surface area contributed by atoms with Crippen LogP contribution in [0.3, 0.4) is 0 Å². The van der Waals surface area contributed by atoms with E-state index in [4.69, 9.17) is 0 Å². The number of aromatic amines is 2. The molecule has 4 rings (SSSR count). The lowest BCUT2D eigenvalue weighted by atomic mass is 9.87. The molecule has 3 aromatic rings. The second-order valence-corrected chi connectivity index (χ2v) is 6.91. The van der Waals surface area contributed by atoms with E-state index in [9.17, 15) is 9.59 Å². The zero-order chi connectivity index (χ0) is 18.1. The van der Waals surface area contributed by atoms with Gasteiger partial charge in [-0.2, -0.15) is 0 Å². The predicted molar refractivity (Wildman–Crippen MR) is 102 cm³/mol. The number of amides is 1. The molecule has 0 bridgehead atoms. The number of H-pyrrole nitrogens is 2. The van der Waals surface area contributed by atoms with Crippen molar-refractivity contribution in [1.29, 1.82) is 0 Å². The van der Waals surface area contributed by atoms with Crippen molar-refractivity contribution in [2.24, 2.45) is 0 Å². The van der Waals surface area contributed by atoms with Crippen LogP contribution in [0, 0.1) is 0 Å². The molecule has 134 valence electrons. The van der Waals surface area contributed by atoms with Gasteiger partial charge in [0.05, 0.1) is 17.6 Å². The van der Waals surface area contributed by atoms with E-state index in [1.54, 1.807) is 18.2 Å². The van der Waals surface area contributed by atoms with Gasteiger partial charge in [-0.05, 0) is 55.6 Å². The van der Waals surface area contributed by atoms with Gasteiger partial charge in [0.25, 0.3) is 0 Å². The van der Waals surface area contributed by atoms with Gasteiger partial charge in [0.2, 0.25) is 5.91 Å². The molecule has 3 N–H and O–H groups in total. The molecule has 1 amide bonds. The molecule has 0 radical (unpaired) electrons. The highest BCUT2D eigenvalue weighted by molar-refractivity contribution is 5.94. The van der Waals surface area contributed by atoms with Crippen LogP contribution in [-0.2, 0) is 11.2 Å². The summed E-state index contributed by atoms with van der Waals surface area (Å²) in [6.07, 6.45) is 3.32. The maximum Gasteiger partial charge on any atom is 0.323 e. The zero-order valence-electron chi connectivity index (χ0n) is 14.7. The molecule has 0 saturated heterocycles. The van der Waals surface area contributed by atoms with Crippen LogP contribution < -0.4 is 11.0 Å². The second-order valence-electron chi connectivity index (χ2n) is 6.91. The van der Waals surface area contributed by atoms with E-state index in [-0.39, 0.29) is 17.6 Å². The average Bonchev–Trinajstić information content (AvgIpc) is 3.00. The Hall–Kier alpha value is -2.86. The Bertz CT molecular complexity index is 1000. The highest BCUT2D eigenvalue weighted by Gasteiger charge is 2.24. The normalized spacial score (nSPS) is 16.6. The molecule has 0 aliphatic heterocycles. The lowest BCUT2D eigenvalue weighted by Gasteiger charge is -2.32. The number of nitrogens with zero attached hydrogens (tertiary/aromatic N) is 1. The number of anilines is 1. The summed E-state index contributed by atoms with van der Waals surface area (Å²) in [5.74, 6) is -0.0622. The van der Waals surface area contributed by atoms with Crippen molar-refractivity contribution < 1.29 is 4.79 Å². The molecule has 26 heavy (non-hydrogen) atoms. The van der Waals surface area contributed by atoms with Crippen LogP contribution in [0.15, 0.2) is 47.3 Å². The average molecular weight is 350 g/mol. The maximum atomic E-state index is 12.5. The van der Waals surface area contributed by atoms with Crippen molar-refractivity contribution in [1.82, 2.24) is 14.9 Å². The smallest absolute Gasteiger partial charge is 0.323 e. The minimum absolute atomic E-state index is 0.0622. The van der Waals surface area contributed by atoms with Crippen LogP contribution >= 0.6 is 0 Å². The van der Waals surface area contributed by atoms with E-state index in [1.807, 2.05) is 7.05 Å². The van der Waals surface area contributed by atoms with Gasteiger partial charge in [-0.3, -0.25) is 9.69 Å². The summed E-state index contributed by atoms with van der Waals surface area (Å²) < 4.78 is 0. The number of benzene rings is 2. The summed E-state index contributed by atoms with van der Waals surface area (Å²) >= 11 is 0. The molecule has 6 nitrogen and oxygen atoms in total. The summed E-state index contributed by atoms with van der Waals surface area (Å²) in [6, 6.07) is 14.1. The number of hydrogen-bond acceptors (Lipinski definition) is 3. The molecule has 1 aromatic heterocycles. The first-order chi connectivity index (χ1) is 12.6. The van der Waals surface area contributed by atoms with Crippen LogP contribution in [0.2, 0.25) is 0 Å². The number of aryl methyl sites for hydroxylation is 1. The number of fused-ring (bicyclic) bond motifs is 2. The molecule has 0 unspecified atom stereocenters. The van der Waals surface area contributed by atoms with Gasteiger partial charge in [-0.25, -0.2) is 4.79 Å². The van der Waals surface area contributed by atoms with Crippen LogP contribution in [0.4, 0.5) is 5.69 Å². The quantitative estimate of drug-likeness (QED) is 0.677. The van der Waals surface area contributed by atoms with E-state index in [0.717, 1.165) is 24.8 Å². The Morgan fingerprint density at radius 2 is 2.00 bits per heavy atom. The Labute approximate surface area is 151 Å². The predicted octanol–water partition coefficient (Wildman–Crippen LogP) is 2.80. The van der Waals surface area contributed by atoms with Crippen molar-refractivity contribution in [3.05, 3.63) is 64.1 Å². The van der Waals surface area contributed by atoms with Gasteiger partial charge in [0.15, 0.2) is 0 Å². The Kier molecular flexibility index (Phi) is 4.34. The maximum absolute atomic E-state index is 12.5. The van der Waals surface area contributed by atoms with Crippen LogP contribution in [0.25, 0.3) is 11.0 Å². The van der Waals surface area contributed by atoms with E-state index >= 15 is 0 Å². The first kappa shape index (κ1) is 16.6. The van der Waals surface area contributed by atoms with Crippen molar-refractivity contribution in [2.75, 3.05) is 18.9 Å². The minimum atomic E-state index is -0.251. The van der Waals surface area contributed by atoms with Crippen molar-refractivity contribution in [2.45, 2.75) is 25.3 Å². The largest absolute Gasteiger partial charge is 0.325 e. The summed E-state index contributed by atoms with van der Waals surface area (Å²) in [6.45, 7) is 0.320. The van der Waals surface area contributed by atoms with Crippen molar-refractivity contribution in [3.8, 4) is 0 Å². The fraction of sp³-hybridized carbons (Fsp3) is 0.300. The lowest BCUT2D eigenvalue weighted by molar-refractivity contribution is -0.117. The number of nitrogens with one attached hydrogen (secondary N) is 3. The van der Waals surface area contributed by atoms with Crippen LogP contribution in [0.5, 0.6) is 0 Å². The Morgan fingerprint density at radius 1 is 1.19 bits per heavy atom. The van der Waals surface area contributed by atoms with Gasteiger partial charge in [-0.1, -0.05) is 24.3 Å². The monoisotopic (exact) mass is 350 g/mol. The third-order valence-corrected chi connectivity index (χ3v) is 5.06. The minimum Gasteiger partial charge on any atom is -0.325 e. The standard InChI is InChI=1S/C20H22N4O2/c1-24(18-8-4-6-13-5-2-3-7-15(13)18)12-19(25)21-14-9-10-16-17(11-14)23-20(26)22-16/h2-3,5,7,9-11,18H,4,6,8,12H2,1H3,(H,21,25)(H2,22,23,26)/t18-/m1/s1. The molecule has 1 atom stereocenters. The van der Waals surface area contributed by atoms with Gasteiger partial charge >= 0.3 is 5.69 Å². The molecule has 0 saturated carbocycles. The van der Waals surface area contributed by atoms with Gasteiger partial charge in [0.1, 0.15) is 0 Å². The highest BCUT2D eigenvalue weighted by Crippen LogP contribution is 2.33. The fourth-order valence-corrected chi connectivity index (χ4v) is 3.83. The van der Waals surface area contributed by atoms with E-state index in [1.165, 1.54) is 11.1 Å². The molecule has 6 heteroatoms. The van der Waals surface area contributed by atoms with Gasteiger partial charge < -0.3 is 15.3 Å². The van der Waals surface area contributed by atoms with Gasteiger partial charge in [0, 0.05) is 11.7 Å². The third-order valence-electron chi connectivity index (χ3n) is 5.06. The first-order valence-electron chi connectivity index (χ1n) is 8.90. The highest BCUT2D eigenvalue weighted by atomic mass is 16.2. The van der Waals surface area contributed by atoms with Gasteiger partial charge in [-0.15, -0.1) is 0 Å². The lowest BCUT2D eigenvalue weighted by Crippen LogP contribution is -2.34. The molecule has 0 fully saturated rings. The van der Waals surface area contributed by atoms with E-state index < -0.39 is 0 Å². The Balaban J connectivity index is 1.45. The number of carbonyl (C=O) groups is 1. The SMILES string of the molecule is CN(CC(=O)Nc1ccc2[nH]c(=O)[nH]c2c1)[C@@H]1CCCc2ccccc21. The zero-order valence-corrected chi connectivity index (χ0v) is 14.7. The summed E-state index contributed by atoms with van der Waals surface area (Å²) in [7, 11) is 2.00.